The summed E-state index contributed by atoms with van der Waals surface area (Å²) in [7, 11) is 0. The van der Waals surface area contributed by atoms with Crippen LogP contribution in [0.1, 0.15) is 24.2 Å². The van der Waals surface area contributed by atoms with Crippen molar-refractivity contribution in [3.63, 3.8) is 0 Å². The lowest BCUT2D eigenvalue weighted by Gasteiger charge is -2.16. The number of hydrogen-bond donors (Lipinski definition) is 1. The maximum absolute atomic E-state index is 4.41. The van der Waals surface area contributed by atoms with Crippen LogP contribution >= 0.6 is 15.9 Å². The quantitative estimate of drug-likeness (QED) is 0.940. The molecule has 1 atom stereocenters. The maximum atomic E-state index is 4.41. The second kappa shape index (κ2) is 5.84. The number of rotatable bonds is 4. The fraction of sp³-hybridized carbons (Fsp3) is 0.250. The summed E-state index contributed by atoms with van der Waals surface area (Å²) < 4.78 is 0.973. The van der Waals surface area contributed by atoms with Crippen molar-refractivity contribution < 1.29 is 0 Å². The molecule has 0 aromatic carbocycles. The van der Waals surface area contributed by atoms with E-state index in [1.165, 1.54) is 6.33 Å². The van der Waals surface area contributed by atoms with E-state index >= 15 is 0 Å². The van der Waals surface area contributed by atoms with Crippen molar-refractivity contribution in [2.45, 2.75) is 13.0 Å². The SMILES string of the molecule is CCNC(c1cncnc1)c1ccc(Br)cn1. The van der Waals surface area contributed by atoms with Gasteiger partial charge in [0.25, 0.3) is 0 Å². The highest BCUT2D eigenvalue weighted by Gasteiger charge is 2.14. The fourth-order valence-electron chi connectivity index (χ4n) is 1.62. The van der Waals surface area contributed by atoms with Crippen LogP contribution in [0.5, 0.6) is 0 Å². The third kappa shape index (κ3) is 3.08. The molecule has 0 saturated heterocycles. The zero-order valence-corrected chi connectivity index (χ0v) is 11.1. The van der Waals surface area contributed by atoms with E-state index in [9.17, 15) is 0 Å². The lowest BCUT2D eigenvalue weighted by Crippen LogP contribution is -2.23. The summed E-state index contributed by atoms with van der Waals surface area (Å²) in [6, 6.07) is 4.01. The summed E-state index contributed by atoms with van der Waals surface area (Å²) in [6.07, 6.45) is 6.94. The van der Waals surface area contributed by atoms with Crippen LogP contribution in [0.25, 0.3) is 0 Å². The molecule has 2 aromatic rings. The maximum Gasteiger partial charge on any atom is 0.115 e. The average Bonchev–Trinajstić information content (AvgIpc) is 2.38. The summed E-state index contributed by atoms with van der Waals surface area (Å²) in [5, 5.41) is 3.38. The third-order valence-corrected chi connectivity index (χ3v) is 2.84. The summed E-state index contributed by atoms with van der Waals surface area (Å²) in [5.74, 6) is 0. The molecule has 1 unspecified atom stereocenters. The van der Waals surface area contributed by atoms with Gasteiger partial charge in [-0.05, 0) is 34.6 Å². The van der Waals surface area contributed by atoms with Gasteiger partial charge >= 0.3 is 0 Å². The molecule has 0 amide bonds. The minimum Gasteiger partial charge on any atom is -0.305 e. The molecule has 0 aliphatic rings. The highest BCUT2D eigenvalue weighted by atomic mass is 79.9. The summed E-state index contributed by atoms with van der Waals surface area (Å²) >= 11 is 3.38. The van der Waals surface area contributed by atoms with E-state index in [-0.39, 0.29) is 6.04 Å². The van der Waals surface area contributed by atoms with Crippen molar-refractivity contribution in [3.8, 4) is 0 Å². The Morgan fingerprint density at radius 2 is 2.00 bits per heavy atom. The van der Waals surface area contributed by atoms with Gasteiger partial charge in [0.2, 0.25) is 0 Å². The molecule has 0 bridgehead atoms. The van der Waals surface area contributed by atoms with Crippen LogP contribution in [0.2, 0.25) is 0 Å². The molecule has 2 rings (SSSR count). The van der Waals surface area contributed by atoms with Gasteiger partial charge in [0.1, 0.15) is 6.33 Å². The number of pyridine rings is 1. The van der Waals surface area contributed by atoms with Crippen LogP contribution in [0.15, 0.2) is 41.5 Å². The molecule has 1 N–H and O–H groups in total. The number of hydrogen-bond acceptors (Lipinski definition) is 4. The average molecular weight is 293 g/mol. The smallest absolute Gasteiger partial charge is 0.115 e. The van der Waals surface area contributed by atoms with E-state index < -0.39 is 0 Å². The number of aromatic nitrogens is 3. The molecule has 2 heterocycles. The van der Waals surface area contributed by atoms with Crippen LogP contribution in [0.3, 0.4) is 0 Å². The molecule has 2 aromatic heterocycles. The Balaban J connectivity index is 2.32. The number of nitrogens with zero attached hydrogens (tertiary/aromatic N) is 3. The predicted octanol–water partition coefficient (Wildman–Crippen LogP) is 2.33. The molecular formula is C12H13BrN4. The first-order chi connectivity index (χ1) is 8.31. The Kier molecular flexibility index (Phi) is 4.17. The predicted molar refractivity (Wildman–Crippen MR) is 69.5 cm³/mol. The number of halogens is 1. The second-order valence-corrected chi connectivity index (χ2v) is 4.48. The normalized spacial score (nSPS) is 12.4. The van der Waals surface area contributed by atoms with E-state index in [0.717, 1.165) is 22.3 Å². The first kappa shape index (κ1) is 12.1. The van der Waals surface area contributed by atoms with Gasteiger partial charge in [0, 0.05) is 28.6 Å². The van der Waals surface area contributed by atoms with E-state index in [0.29, 0.717) is 0 Å². The summed E-state index contributed by atoms with van der Waals surface area (Å²) in [4.78, 5) is 12.5. The first-order valence-electron chi connectivity index (χ1n) is 5.41. The van der Waals surface area contributed by atoms with Crippen LogP contribution in [-0.2, 0) is 0 Å². The van der Waals surface area contributed by atoms with Gasteiger partial charge in [-0.3, -0.25) is 4.98 Å². The van der Waals surface area contributed by atoms with Crippen LogP contribution in [0.4, 0.5) is 0 Å². The van der Waals surface area contributed by atoms with Crippen molar-refractivity contribution >= 4 is 15.9 Å². The van der Waals surface area contributed by atoms with Gasteiger partial charge in [-0.15, -0.1) is 0 Å². The monoisotopic (exact) mass is 292 g/mol. The van der Waals surface area contributed by atoms with Crippen LogP contribution < -0.4 is 5.32 Å². The van der Waals surface area contributed by atoms with Crippen molar-refractivity contribution in [2.24, 2.45) is 0 Å². The van der Waals surface area contributed by atoms with Crippen LogP contribution in [0, 0.1) is 0 Å². The van der Waals surface area contributed by atoms with Crippen molar-refractivity contribution in [1.29, 1.82) is 0 Å². The molecular weight excluding hydrogens is 280 g/mol. The Morgan fingerprint density at radius 3 is 2.59 bits per heavy atom. The summed E-state index contributed by atoms with van der Waals surface area (Å²) in [5.41, 5.74) is 1.98. The lowest BCUT2D eigenvalue weighted by atomic mass is 10.1. The first-order valence-corrected chi connectivity index (χ1v) is 6.20. The standard InChI is InChI=1S/C12H13BrN4/c1-2-16-12(9-5-14-8-15-6-9)11-4-3-10(13)7-17-11/h3-8,12,16H,2H2,1H3. The fourth-order valence-corrected chi connectivity index (χ4v) is 1.85. The molecule has 0 spiro atoms. The van der Waals surface area contributed by atoms with E-state index in [1.54, 1.807) is 6.20 Å². The molecule has 0 fully saturated rings. The molecule has 4 nitrogen and oxygen atoms in total. The minimum atomic E-state index is 0.0364. The zero-order valence-electron chi connectivity index (χ0n) is 9.47. The Labute approximate surface area is 109 Å². The second-order valence-electron chi connectivity index (χ2n) is 3.56. The Bertz CT molecular complexity index is 458. The third-order valence-electron chi connectivity index (χ3n) is 2.37. The van der Waals surface area contributed by atoms with Crippen molar-refractivity contribution in [2.75, 3.05) is 6.54 Å². The summed E-state index contributed by atoms with van der Waals surface area (Å²) in [6.45, 7) is 2.92. The van der Waals surface area contributed by atoms with E-state index in [4.69, 9.17) is 0 Å². The molecule has 0 aliphatic carbocycles. The van der Waals surface area contributed by atoms with Gasteiger partial charge < -0.3 is 5.32 Å². The lowest BCUT2D eigenvalue weighted by molar-refractivity contribution is 0.611. The van der Waals surface area contributed by atoms with Gasteiger partial charge in [-0.25, -0.2) is 9.97 Å². The topological polar surface area (TPSA) is 50.7 Å². The minimum absolute atomic E-state index is 0.0364. The van der Waals surface area contributed by atoms with Gasteiger partial charge in [-0.2, -0.15) is 0 Å². The molecule has 0 radical (unpaired) electrons. The van der Waals surface area contributed by atoms with Crippen molar-refractivity contribution in [3.05, 3.63) is 52.8 Å². The molecule has 0 aliphatic heterocycles. The van der Waals surface area contributed by atoms with E-state index in [1.807, 2.05) is 24.5 Å². The zero-order chi connectivity index (χ0) is 12.1. The molecule has 0 saturated carbocycles. The Hall–Kier alpha value is -1.33. The van der Waals surface area contributed by atoms with Gasteiger partial charge in [0.05, 0.1) is 11.7 Å². The number of nitrogens with one attached hydrogen (secondary N) is 1. The Morgan fingerprint density at radius 1 is 1.24 bits per heavy atom. The van der Waals surface area contributed by atoms with E-state index in [2.05, 4.69) is 43.1 Å². The highest BCUT2D eigenvalue weighted by molar-refractivity contribution is 9.10. The molecule has 17 heavy (non-hydrogen) atoms. The van der Waals surface area contributed by atoms with Gasteiger partial charge in [0.15, 0.2) is 0 Å². The molecule has 5 heteroatoms. The molecule has 88 valence electrons. The van der Waals surface area contributed by atoms with Crippen molar-refractivity contribution in [1.82, 2.24) is 20.3 Å². The largest absolute Gasteiger partial charge is 0.305 e. The van der Waals surface area contributed by atoms with Crippen LogP contribution in [-0.4, -0.2) is 21.5 Å². The van der Waals surface area contributed by atoms with Gasteiger partial charge in [-0.1, -0.05) is 6.92 Å². The highest BCUT2D eigenvalue weighted by Crippen LogP contribution is 2.20.